The average Bonchev–Trinajstić information content (AvgIpc) is 3.19. The van der Waals surface area contributed by atoms with Gasteiger partial charge in [-0.05, 0) is 42.3 Å². The third-order valence-electron chi connectivity index (χ3n) is 5.64. The van der Waals surface area contributed by atoms with Crippen LogP contribution in [0.5, 0.6) is 11.5 Å². The fourth-order valence-corrected chi connectivity index (χ4v) is 3.83. The van der Waals surface area contributed by atoms with Crippen LogP contribution in [-0.2, 0) is 24.4 Å². The summed E-state index contributed by atoms with van der Waals surface area (Å²) < 4.78 is 22.6. The third-order valence-corrected chi connectivity index (χ3v) is 5.64. The molecule has 1 aliphatic heterocycles. The molecule has 1 fully saturated rings. The van der Waals surface area contributed by atoms with Gasteiger partial charge < -0.3 is 23.5 Å². The Hall–Kier alpha value is -3.03. The molecule has 0 atom stereocenters. The van der Waals surface area contributed by atoms with Gasteiger partial charge in [0.25, 0.3) is 6.01 Å². The van der Waals surface area contributed by atoms with E-state index in [0.29, 0.717) is 19.1 Å². The number of nitrogens with zero attached hydrogens (tertiary/aromatic N) is 3. The number of ether oxygens (including phenoxy) is 3. The second-order valence-corrected chi connectivity index (χ2v) is 7.95. The Morgan fingerprint density at radius 1 is 0.938 bits per heavy atom. The number of oxazole rings is 1. The number of hydrogen-bond donors (Lipinski definition) is 0. The van der Waals surface area contributed by atoms with E-state index >= 15 is 0 Å². The molecule has 0 radical (unpaired) electrons. The maximum Gasteiger partial charge on any atom is 0.298 e. The van der Waals surface area contributed by atoms with Crippen molar-refractivity contribution >= 4 is 6.01 Å². The summed E-state index contributed by atoms with van der Waals surface area (Å²) >= 11 is 0. The van der Waals surface area contributed by atoms with E-state index in [2.05, 4.69) is 21.9 Å². The van der Waals surface area contributed by atoms with Gasteiger partial charge >= 0.3 is 0 Å². The molecule has 0 spiro atoms. The Balaban J connectivity index is 1.59. The van der Waals surface area contributed by atoms with Crippen molar-refractivity contribution in [2.45, 2.75) is 26.6 Å². The quantitative estimate of drug-likeness (QED) is 0.501. The molecule has 1 aliphatic rings. The predicted octanol–water partition coefficient (Wildman–Crippen LogP) is 4.04. The van der Waals surface area contributed by atoms with E-state index in [9.17, 15) is 0 Å². The number of morpholine rings is 1. The van der Waals surface area contributed by atoms with Crippen LogP contribution in [0.2, 0.25) is 0 Å². The minimum atomic E-state index is 0.622. The summed E-state index contributed by atoms with van der Waals surface area (Å²) in [5.74, 6) is 2.57. The van der Waals surface area contributed by atoms with Gasteiger partial charge in [0.1, 0.15) is 17.3 Å². The van der Waals surface area contributed by atoms with Crippen molar-refractivity contribution in [3.8, 4) is 11.5 Å². The topological polar surface area (TPSA) is 60.2 Å². The maximum atomic E-state index is 6.31. The Bertz CT molecular complexity index is 964. The molecule has 0 bridgehead atoms. The molecule has 0 unspecified atom stereocenters. The lowest BCUT2D eigenvalue weighted by molar-refractivity contribution is 0.0313. The average molecular weight is 438 g/mol. The number of anilines is 1. The highest BCUT2D eigenvalue weighted by Crippen LogP contribution is 2.26. The molecule has 7 heteroatoms. The molecule has 2 heterocycles. The van der Waals surface area contributed by atoms with Crippen LogP contribution in [0.25, 0.3) is 0 Å². The van der Waals surface area contributed by atoms with Crippen molar-refractivity contribution in [2.75, 3.05) is 45.4 Å². The highest BCUT2D eigenvalue weighted by molar-refractivity contribution is 5.38. The van der Waals surface area contributed by atoms with Gasteiger partial charge in [0.2, 0.25) is 0 Å². The number of aromatic nitrogens is 1. The molecule has 7 nitrogen and oxygen atoms in total. The lowest BCUT2D eigenvalue weighted by Gasteiger charge is -2.25. The van der Waals surface area contributed by atoms with Crippen molar-refractivity contribution < 1.29 is 18.6 Å². The molecule has 4 rings (SSSR count). The molecule has 0 aliphatic carbocycles. The first kappa shape index (κ1) is 22.2. The zero-order chi connectivity index (χ0) is 22.3. The zero-order valence-corrected chi connectivity index (χ0v) is 19.0. The number of rotatable bonds is 9. The van der Waals surface area contributed by atoms with Gasteiger partial charge in [0.15, 0.2) is 0 Å². The van der Waals surface area contributed by atoms with Crippen LogP contribution in [0.1, 0.15) is 22.6 Å². The Morgan fingerprint density at radius 3 is 2.09 bits per heavy atom. The summed E-state index contributed by atoms with van der Waals surface area (Å²) in [4.78, 5) is 9.29. The van der Waals surface area contributed by atoms with E-state index in [-0.39, 0.29) is 0 Å². The molecule has 2 aromatic carbocycles. The fourth-order valence-electron chi connectivity index (χ4n) is 3.83. The molecule has 0 N–H and O–H groups in total. The molecule has 0 amide bonds. The Morgan fingerprint density at radius 2 is 1.53 bits per heavy atom. The first-order valence-corrected chi connectivity index (χ1v) is 10.9. The van der Waals surface area contributed by atoms with Crippen molar-refractivity contribution in [1.82, 2.24) is 9.88 Å². The summed E-state index contributed by atoms with van der Waals surface area (Å²) in [6.07, 6.45) is 0. The molecule has 0 saturated carbocycles. The number of methoxy groups -OCH3 is 2. The third kappa shape index (κ3) is 5.60. The second-order valence-electron chi connectivity index (χ2n) is 7.95. The van der Waals surface area contributed by atoms with E-state index in [0.717, 1.165) is 66.9 Å². The van der Waals surface area contributed by atoms with Gasteiger partial charge in [0.05, 0.1) is 39.7 Å². The van der Waals surface area contributed by atoms with Crippen LogP contribution in [0, 0.1) is 6.92 Å². The van der Waals surface area contributed by atoms with Crippen LogP contribution in [0.15, 0.2) is 52.9 Å². The molecular weight excluding hydrogens is 406 g/mol. The first-order chi connectivity index (χ1) is 15.6. The first-order valence-electron chi connectivity index (χ1n) is 10.9. The second kappa shape index (κ2) is 10.5. The van der Waals surface area contributed by atoms with Crippen molar-refractivity contribution in [3.05, 3.63) is 71.1 Å². The van der Waals surface area contributed by atoms with Crippen molar-refractivity contribution in [3.63, 3.8) is 0 Å². The largest absolute Gasteiger partial charge is 0.497 e. The smallest absolute Gasteiger partial charge is 0.298 e. The van der Waals surface area contributed by atoms with Gasteiger partial charge in [-0.15, -0.1) is 0 Å². The number of benzene rings is 2. The molecule has 170 valence electrons. The van der Waals surface area contributed by atoms with E-state index in [1.165, 1.54) is 0 Å². The number of hydrogen-bond acceptors (Lipinski definition) is 7. The fraction of sp³-hybridized carbons (Fsp3) is 0.400. The Labute approximate surface area is 189 Å². The molecule has 3 aromatic rings. The van der Waals surface area contributed by atoms with Gasteiger partial charge in [-0.3, -0.25) is 4.90 Å². The molecule has 1 aromatic heterocycles. The van der Waals surface area contributed by atoms with E-state index in [1.807, 2.05) is 43.3 Å². The van der Waals surface area contributed by atoms with Gasteiger partial charge in [-0.1, -0.05) is 24.3 Å². The van der Waals surface area contributed by atoms with Crippen LogP contribution >= 0.6 is 0 Å². The van der Waals surface area contributed by atoms with Gasteiger partial charge in [0, 0.05) is 26.2 Å². The summed E-state index contributed by atoms with van der Waals surface area (Å²) in [6.45, 7) is 7.39. The normalized spacial score (nSPS) is 14.3. The summed E-state index contributed by atoms with van der Waals surface area (Å²) in [6, 6.07) is 16.8. The minimum Gasteiger partial charge on any atom is -0.497 e. The van der Waals surface area contributed by atoms with Crippen LogP contribution in [0.4, 0.5) is 6.01 Å². The minimum absolute atomic E-state index is 0.622. The van der Waals surface area contributed by atoms with Crippen LogP contribution in [-0.4, -0.2) is 50.4 Å². The van der Waals surface area contributed by atoms with Gasteiger partial charge in [-0.2, -0.15) is 4.98 Å². The highest BCUT2D eigenvalue weighted by atomic mass is 16.5. The highest BCUT2D eigenvalue weighted by Gasteiger charge is 2.20. The van der Waals surface area contributed by atoms with E-state index < -0.39 is 0 Å². The predicted molar refractivity (Wildman–Crippen MR) is 123 cm³/mol. The van der Waals surface area contributed by atoms with E-state index in [4.69, 9.17) is 23.6 Å². The van der Waals surface area contributed by atoms with E-state index in [1.54, 1.807) is 14.2 Å². The van der Waals surface area contributed by atoms with Crippen LogP contribution < -0.4 is 14.4 Å². The number of aryl methyl sites for hydroxylation is 1. The summed E-state index contributed by atoms with van der Waals surface area (Å²) in [7, 11) is 3.37. The standard InChI is InChI=1S/C25H31N3O4/c1-19-24(18-27-10-12-31-13-11-27)32-25(26-19)28(16-20-6-4-8-22(14-20)29-2)17-21-7-5-9-23(15-21)30-3/h4-9,14-15H,10-13,16-18H2,1-3H3. The molecule has 1 saturated heterocycles. The van der Waals surface area contributed by atoms with Crippen molar-refractivity contribution in [1.29, 1.82) is 0 Å². The summed E-state index contributed by atoms with van der Waals surface area (Å²) in [5, 5.41) is 0. The zero-order valence-electron chi connectivity index (χ0n) is 19.0. The lowest BCUT2D eigenvalue weighted by Crippen LogP contribution is -2.35. The lowest BCUT2D eigenvalue weighted by atomic mass is 10.1. The van der Waals surface area contributed by atoms with Crippen LogP contribution in [0.3, 0.4) is 0 Å². The molecule has 32 heavy (non-hydrogen) atoms. The maximum absolute atomic E-state index is 6.31. The van der Waals surface area contributed by atoms with Gasteiger partial charge in [-0.25, -0.2) is 0 Å². The SMILES string of the molecule is COc1cccc(CN(Cc2cccc(OC)c2)c2nc(C)c(CN3CCOCC3)o2)c1. The summed E-state index contributed by atoms with van der Waals surface area (Å²) in [5.41, 5.74) is 3.17. The monoisotopic (exact) mass is 437 g/mol. The van der Waals surface area contributed by atoms with Crippen molar-refractivity contribution in [2.24, 2.45) is 0 Å². The molecular formula is C25H31N3O4. The Kier molecular flexibility index (Phi) is 7.29.